The van der Waals surface area contributed by atoms with Gasteiger partial charge in [-0.25, -0.2) is 0 Å². The maximum Gasteiger partial charge on any atom is 0.0429 e. The number of nitrogen functional groups attached to an aromatic ring is 1. The van der Waals surface area contributed by atoms with Gasteiger partial charge in [0.25, 0.3) is 0 Å². The average molecular weight is 239 g/mol. The van der Waals surface area contributed by atoms with Crippen LogP contribution in [0.15, 0.2) is 18.2 Å². The molecule has 0 fully saturated rings. The summed E-state index contributed by atoms with van der Waals surface area (Å²) < 4.78 is 0. The van der Waals surface area contributed by atoms with Gasteiger partial charge >= 0.3 is 0 Å². The number of nitrogens with two attached hydrogens (primary N) is 1. The average Bonchev–Trinajstić information content (AvgIpc) is 2.39. The van der Waals surface area contributed by atoms with Gasteiger partial charge < -0.3 is 5.73 Å². The van der Waals surface area contributed by atoms with E-state index in [4.69, 9.17) is 5.73 Å². The zero-order valence-corrected chi connectivity index (χ0v) is 11.3. The van der Waals surface area contributed by atoms with Crippen LogP contribution in [0.4, 0.5) is 5.69 Å². The van der Waals surface area contributed by atoms with Gasteiger partial charge in [-0.3, -0.25) is 0 Å². The Hall–Kier alpha value is -1.50. The van der Waals surface area contributed by atoms with Crippen LogP contribution >= 0.6 is 0 Å². The van der Waals surface area contributed by atoms with E-state index in [0.29, 0.717) is 0 Å². The molecule has 0 atom stereocenters. The van der Waals surface area contributed by atoms with E-state index in [-0.39, 0.29) is 0 Å². The van der Waals surface area contributed by atoms with E-state index in [2.05, 4.69) is 32.0 Å². The quantitative estimate of drug-likeness (QED) is 0.743. The molecule has 0 bridgehead atoms. The standard InChI is InChI=1S/C17H21N/c1-3-12-13-6-4-5-7-14(13)17(18)15-9-8-11(2)10-16(12)15/h8-10H,3-7,18H2,1-2H3. The van der Waals surface area contributed by atoms with Gasteiger partial charge in [-0.15, -0.1) is 0 Å². The molecule has 2 aromatic rings. The minimum atomic E-state index is 1.04. The lowest BCUT2D eigenvalue weighted by Gasteiger charge is -2.24. The molecule has 2 N–H and O–H groups in total. The van der Waals surface area contributed by atoms with Crippen LogP contribution < -0.4 is 5.73 Å². The summed E-state index contributed by atoms with van der Waals surface area (Å²) in [6.07, 6.45) is 6.10. The van der Waals surface area contributed by atoms with Gasteiger partial charge in [-0.1, -0.05) is 30.7 Å². The molecule has 0 aromatic heterocycles. The van der Waals surface area contributed by atoms with Crippen LogP contribution in [0, 0.1) is 6.92 Å². The number of rotatable bonds is 1. The molecule has 1 heteroatoms. The highest BCUT2D eigenvalue weighted by Crippen LogP contribution is 2.37. The normalized spacial score (nSPS) is 14.8. The summed E-state index contributed by atoms with van der Waals surface area (Å²) in [4.78, 5) is 0. The van der Waals surface area contributed by atoms with E-state index in [0.717, 1.165) is 18.5 Å². The van der Waals surface area contributed by atoms with E-state index < -0.39 is 0 Å². The van der Waals surface area contributed by atoms with Gasteiger partial charge in [0.1, 0.15) is 0 Å². The Morgan fingerprint density at radius 2 is 1.78 bits per heavy atom. The summed E-state index contributed by atoms with van der Waals surface area (Å²) in [5, 5.41) is 2.65. The maximum absolute atomic E-state index is 6.41. The second-order valence-corrected chi connectivity index (χ2v) is 5.46. The summed E-state index contributed by atoms with van der Waals surface area (Å²) >= 11 is 0. The smallest absolute Gasteiger partial charge is 0.0429 e. The van der Waals surface area contributed by atoms with Gasteiger partial charge in [0.05, 0.1) is 0 Å². The lowest BCUT2D eigenvalue weighted by Crippen LogP contribution is -2.10. The van der Waals surface area contributed by atoms with E-state index in [9.17, 15) is 0 Å². The Labute approximate surface area is 109 Å². The van der Waals surface area contributed by atoms with E-state index in [1.165, 1.54) is 46.7 Å². The van der Waals surface area contributed by atoms with Gasteiger partial charge in [0, 0.05) is 11.1 Å². The fraction of sp³-hybridized carbons (Fsp3) is 0.412. The molecule has 0 heterocycles. The largest absolute Gasteiger partial charge is 0.398 e. The van der Waals surface area contributed by atoms with Crippen LogP contribution in [0.25, 0.3) is 10.8 Å². The van der Waals surface area contributed by atoms with Crippen LogP contribution in [0.5, 0.6) is 0 Å². The predicted molar refractivity (Wildman–Crippen MR) is 79.1 cm³/mol. The van der Waals surface area contributed by atoms with Crippen LogP contribution in [0.2, 0.25) is 0 Å². The molecule has 0 aliphatic heterocycles. The number of fused-ring (bicyclic) bond motifs is 2. The Kier molecular flexibility index (Phi) is 2.77. The third kappa shape index (κ3) is 1.61. The molecule has 3 rings (SSSR count). The molecule has 0 spiro atoms. The van der Waals surface area contributed by atoms with Crippen molar-refractivity contribution in [3.8, 4) is 0 Å². The van der Waals surface area contributed by atoms with Crippen molar-refractivity contribution in [3.63, 3.8) is 0 Å². The molecule has 0 amide bonds. The first-order valence-corrected chi connectivity index (χ1v) is 7.04. The lowest BCUT2D eigenvalue weighted by atomic mass is 9.82. The van der Waals surface area contributed by atoms with Crippen LogP contribution in [0.1, 0.15) is 42.0 Å². The first-order chi connectivity index (χ1) is 8.72. The predicted octanol–water partition coefficient (Wildman–Crippen LogP) is 4.17. The third-order valence-electron chi connectivity index (χ3n) is 4.30. The van der Waals surface area contributed by atoms with E-state index in [1.54, 1.807) is 5.56 Å². The van der Waals surface area contributed by atoms with Gasteiger partial charge in [0.2, 0.25) is 0 Å². The topological polar surface area (TPSA) is 26.0 Å². The second kappa shape index (κ2) is 4.31. The van der Waals surface area contributed by atoms with Gasteiger partial charge in [-0.05, 0) is 61.1 Å². The Morgan fingerprint density at radius 1 is 1.06 bits per heavy atom. The fourth-order valence-electron chi connectivity index (χ4n) is 3.41. The monoisotopic (exact) mass is 239 g/mol. The van der Waals surface area contributed by atoms with Gasteiger partial charge in [0.15, 0.2) is 0 Å². The van der Waals surface area contributed by atoms with Crippen LogP contribution in [-0.2, 0) is 19.3 Å². The van der Waals surface area contributed by atoms with Crippen LogP contribution in [-0.4, -0.2) is 0 Å². The van der Waals surface area contributed by atoms with Crippen molar-refractivity contribution in [1.82, 2.24) is 0 Å². The van der Waals surface area contributed by atoms with E-state index >= 15 is 0 Å². The first-order valence-electron chi connectivity index (χ1n) is 7.04. The summed E-state index contributed by atoms with van der Waals surface area (Å²) in [7, 11) is 0. The maximum atomic E-state index is 6.41. The highest BCUT2D eigenvalue weighted by atomic mass is 14.6. The molecule has 18 heavy (non-hydrogen) atoms. The minimum Gasteiger partial charge on any atom is -0.398 e. The van der Waals surface area contributed by atoms with Gasteiger partial charge in [-0.2, -0.15) is 0 Å². The van der Waals surface area contributed by atoms with Crippen molar-refractivity contribution in [3.05, 3.63) is 40.5 Å². The third-order valence-corrected chi connectivity index (χ3v) is 4.30. The molecular weight excluding hydrogens is 218 g/mol. The minimum absolute atomic E-state index is 1.04. The highest BCUT2D eigenvalue weighted by molar-refractivity contribution is 5.98. The number of hydrogen-bond acceptors (Lipinski definition) is 1. The van der Waals surface area contributed by atoms with Crippen LogP contribution in [0.3, 0.4) is 0 Å². The summed E-state index contributed by atoms with van der Waals surface area (Å²) in [6, 6.07) is 6.68. The van der Waals surface area contributed by atoms with Crippen molar-refractivity contribution in [2.75, 3.05) is 5.73 Å². The molecule has 2 aromatic carbocycles. The molecule has 0 radical (unpaired) electrons. The summed E-state index contributed by atoms with van der Waals surface area (Å²) in [5.41, 5.74) is 13.3. The molecule has 0 saturated carbocycles. The SMILES string of the molecule is CCc1c2c(c(N)c3ccc(C)cc13)CCCC2. The summed E-state index contributed by atoms with van der Waals surface area (Å²) in [5.74, 6) is 0. The lowest BCUT2D eigenvalue weighted by molar-refractivity contribution is 0.682. The molecule has 0 saturated heterocycles. The molecule has 0 unspecified atom stereocenters. The number of hydrogen-bond donors (Lipinski definition) is 1. The Bertz CT molecular complexity index is 611. The van der Waals surface area contributed by atoms with E-state index in [1.807, 2.05) is 0 Å². The fourth-order valence-corrected chi connectivity index (χ4v) is 3.41. The number of anilines is 1. The number of aryl methyl sites for hydroxylation is 2. The first kappa shape index (κ1) is 11.6. The summed E-state index contributed by atoms with van der Waals surface area (Å²) in [6.45, 7) is 4.43. The van der Waals surface area contributed by atoms with Crippen molar-refractivity contribution >= 4 is 16.5 Å². The zero-order valence-electron chi connectivity index (χ0n) is 11.3. The Balaban J connectivity index is 2.43. The Morgan fingerprint density at radius 3 is 2.50 bits per heavy atom. The van der Waals surface area contributed by atoms with Crippen molar-refractivity contribution in [1.29, 1.82) is 0 Å². The van der Waals surface area contributed by atoms with Crippen molar-refractivity contribution in [2.45, 2.75) is 46.0 Å². The second-order valence-electron chi connectivity index (χ2n) is 5.46. The molecular formula is C17H21N. The molecule has 1 aliphatic carbocycles. The molecule has 1 aliphatic rings. The molecule has 1 nitrogen and oxygen atoms in total. The van der Waals surface area contributed by atoms with Crippen molar-refractivity contribution < 1.29 is 0 Å². The zero-order chi connectivity index (χ0) is 12.7. The number of benzene rings is 2. The highest BCUT2D eigenvalue weighted by Gasteiger charge is 2.19. The molecule has 94 valence electrons. The van der Waals surface area contributed by atoms with Crippen molar-refractivity contribution in [2.24, 2.45) is 0 Å².